The second-order valence-electron chi connectivity index (χ2n) is 6.14. The van der Waals surface area contributed by atoms with Crippen molar-refractivity contribution in [3.63, 3.8) is 0 Å². The zero-order valence-electron chi connectivity index (χ0n) is 12.4. The number of aromatic nitrogens is 2. The zero-order chi connectivity index (χ0) is 15.1. The van der Waals surface area contributed by atoms with Crippen molar-refractivity contribution in [1.29, 1.82) is 0 Å². The number of hydrogen-bond acceptors (Lipinski definition) is 5. The summed E-state index contributed by atoms with van der Waals surface area (Å²) in [6, 6.07) is 9.01. The van der Waals surface area contributed by atoms with Gasteiger partial charge in [-0.05, 0) is 44.9 Å². The summed E-state index contributed by atoms with van der Waals surface area (Å²) in [4.78, 5) is 2.51. The van der Waals surface area contributed by atoms with E-state index in [1.807, 2.05) is 24.3 Å². The predicted molar refractivity (Wildman–Crippen MR) is 88.6 cm³/mol. The van der Waals surface area contributed by atoms with Crippen LogP contribution in [0.5, 0.6) is 5.19 Å². The summed E-state index contributed by atoms with van der Waals surface area (Å²) >= 11 is 7.42. The molecule has 0 spiro atoms. The summed E-state index contributed by atoms with van der Waals surface area (Å²) in [5.74, 6) is 0. The smallest absolute Gasteiger partial charge is 0.294 e. The Kier molecular flexibility index (Phi) is 3.80. The van der Waals surface area contributed by atoms with Crippen molar-refractivity contribution >= 4 is 22.9 Å². The minimum Gasteiger partial charge on any atom is -0.465 e. The lowest BCUT2D eigenvalue weighted by atomic mass is 10.0. The normalized spacial score (nSPS) is 28.0. The molecule has 0 N–H and O–H groups in total. The molecule has 4 nitrogen and oxygen atoms in total. The Hall–Kier alpha value is -1.17. The highest BCUT2D eigenvalue weighted by Gasteiger charge is 2.39. The third-order valence-corrected chi connectivity index (χ3v) is 5.94. The quantitative estimate of drug-likeness (QED) is 0.853. The molecular weight excluding hydrogens is 318 g/mol. The molecule has 1 aromatic heterocycles. The van der Waals surface area contributed by atoms with Gasteiger partial charge in [0.25, 0.3) is 5.19 Å². The molecule has 0 amide bonds. The maximum Gasteiger partial charge on any atom is 0.294 e. The van der Waals surface area contributed by atoms with Crippen LogP contribution in [0.15, 0.2) is 24.3 Å². The Bertz CT molecular complexity index is 646. The first-order chi connectivity index (χ1) is 10.7. The third kappa shape index (κ3) is 2.73. The summed E-state index contributed by atoms with van der Waals surface area (Å²) < 4.78 is 6.10. The molecule has 3 heterocycles. The third-order valence-electron chi connectivity index (χ3n) is 4.82. The van der Waals surface area contributed by atoms with Gasteiger partial charge in [0.1, 0.15) is 6.10 Å². The first-order valence-electron chi connectivity index (χ1n) is 7.67. The van der Waals surface area contributed by atoms with E-state index in [0.29, 0.717) is 17.3 Å². The van der Waals surface area contributed by atoms with E-state index in [-0.39, 0.29) is 6.10 Å². The Morgan fingerprint density at radius 3 is 2.50 bits per heavy atom. The lowest BCUT2D eigenvalue weighted by molar-refractivity contribution is 0.0655. The molecule has 2 fully saturated rings. The number of nitrogens with zero attached hydrogens (tertiary/aromatic N) is 3. The van der Waals surface area contributed by atoms with Crippen LogP contribution in [0.3, 0.4) is 0 Å². The Labute approximate surface area is 139 Å². The summed E-state index contributed by atoms with van der Waals surface area (Å²) in [6.45, 7) is 0. The SMILES string of the molecule is CN1[C@@H]2CC[C@H]1C[C@H](Oc1nnc(-c3ccc(Cl)cc3)s1)C2. The predicted octanol–water partition coefficient (Wildman–Crippen LogP) is 3.86. The van der Waals surface area contributed by atoms with Crippen LogP contribution in [0.2, 0.25) is 5.02 Å². The van der Waals surface area contributed by atoms with Gasteiger partial charge in [-0.15, -0.1) is 5.10 Å². The van der Waals surface area contributed by atoms with Crippen molar-refractivity contribution in [3.8, 4) is 15.8 Å². The Balaban J connectivity index is 1.45. The van der Waals surface area contributed by atoms with Crippen molar-refractivity contribution in [2.75, 3.05) is 7.05 Å². The fraction of sp³-hybridized carbons (Fsp3) is 0.500. The van der Waals surface area contributed by atoms with Crippen LogP contribution in [0.25, 0.3) is 10.6 Å². The molecule has 6 heteroatoms. The van der Waals surface area contributed by atoms with Crippen LogP contribution in [0, 0.1) is 0 Å². The summed E-state index contributed by atoms with van der Waals surface area (Å²) in [7, 11) is 2.24. The Morgan fingerprint density at radius 2 is 1.82 bits per heavy atom. The summed E-state index contributed by atoms with van der Waals surface area (Å²) in [5, 5.41) is 10.7. The highest BCUT2D eigenvalue weighted by molar-refractivity contribution is 7.16. The molecular formula is C16H18ClN3OS. The number of benzene rings is 1. The average Bonchev–Trinajstić information content (AvgIpc) is 3.03. The van der Waals surface area contributed by atoms with Gasteiger partial charge in [-0.2, -0.15) is 0 Å². The number of halogens is 1. The minimum absolute atomic E-state index is 0.278. The number of fused-ring (bicyclic) bond motifs is 2. The number of ether oxygens (including phenoxy) is 1. The number of rotatable bonds is 3. The van der Waals surface area contributed by atoms with Crippen molar-refractivity contribution in [2.45, 2.75) is 43.9 Å². The van der Waals surface area contributed by atoms with Gasteiger partial charge in [-0.3, -0.25) is 0 Å². The second kappa shape index (κ2) is 5.80. The monoisotopic (exact) mass is 335 g/mol. The molecule has 2 saturated heterocycles. The van der Waals surface area contributed by atoms with Crippen molar-refractivity contribution in [3.05, 3.63) is 29.3 Å². The number of hydrogen-bond donors (Lipinski definition) is 0. The van der Waals surface area contributed by atoms with Gasteiger partial charge in [-0.1, -0.05) is 40.2 Å². The maximum absolute atomic E-state index is 6.10. The zero-order valence-corrected chi connectivity index (χ0v) is 14.0. The molecule has 0 unspecified atom stereocenters. The highest BCUT2D eigenvalue weighted by atomic mass is 35.5. The first kappa shape index (κ1) is 14.4. The molecule has 0 aliphatic carbocycles. The Morgan fingerprint density at radius 1 is 1.14 bits per heavy atom. The molecule has 2 aliphatic rings. The molecule has 4 rings (SSSR count). The number of piperidine rings is 1. The molecule has 3 atom stereocenters. The average molecular weight is 336 g/mol. The van der Waals surface area contributed by atoms with E-state index in [0.717, 1.165) is 28.4 Å². The van der Waals surface area contributed by atoms with Gasteiger partial charge in [0.15, 0.2) is 5.01 Å². The fourth-order valence-electron chi connectivity index (χ4n) is 3.57. The summed E-state index contributed by atoms with van der Waals surface area (Å²) in [5.41, 5.74) is 1.03. The molecule has 0 radical (unpaired) electrons. The van der Waals surface area contributed by atoms with Gasteiger partial charge in [0.05, 0.1) is 0 Å². The topological polar surface area (TPSA) is 38.2 Å². The van der Waals surface area contributed by atoms with Gasteiger partial charge in [0, 0.05) is 22.7 Å². The van der Waals surface area contributed by atoms with E-state index in [9.17, 15) is 0 Å². The lowest BCUT2D eigenvalue weighted by Gasteiger charge is -2.35. The molecule has 2 aliphatic heterocycles. The fourth-order valence-corrected chi connectivity index (χ4v) is 4.46. The van der Waals surface area contributed by atoms with Gasteiger partial charge < -0.3 is 9.64 Å². The van der Waals surface area contributed by atoms with Crippen LogP contribution >= 0.6 is 22.9 Å². The lowest BCUT2D eigenvalue weighted by Crippen LogP contribution is -2.43. The standard InChI is InChI=1S/C16H18ClN3OS/c1-20-12-6-7-13(20)9-14(8-12)21-16-19-18-15(22-16)10-2-4-11(17)5-3-10/h2-5,12-14H,6-9H2,1H3/t12-,13+,14-. The van der Waals surface area contributed by atoms with Crippen molar-refractivity contribution in [2.24, 2.45) is 0 Å². The van der Waals surface area contributed by atoms with Crippen molar-refractivity contribution in [1.82, 2.24) is 15.1 Å². The van der Waals surface area contributed by atoms with Crippen LogP contribution < -0.4 is 4.74 Å². The van der Waals surface area contributed by atoms with E-state index >= 15 is 0 Å². The van der Waals surface area contributed by atoms with E-state index in [1.165, 1.54) is 24.2 Å². The first-order valence-corrected chi connectivity index (χ1v) is 8.86. The van der Waals surface area contributed by atoms with Gasteiger partial charge in [-0.25, -0.2) is 0 Å². The highest BCUT2D eigenvalue weighted by Crippen LogP contribution is 2.37. The van der Waals surface area contributed by atoms with Crippen LogP contribution in [0.4, 0.5) is 0 Å². The molecule has 2 aromatic rings. The molecule has 2 bridgehead atoms. The van der Waals surface area contributed by atoms with E-state index in [2.05, 4.69) is 22.1 Å². The van der Waals surface area contributed by atoms with Crippen LogP contribution in [-0.4, -0.2) is 40.3 Å². The van der Waals surface area contributed by atoms with Crippen LogP contribution in [0.1, 0.15) is 25.7 Å². The van der Waals surface area contributed by atoms with Gasteiger partial charge in [0.2, 0.25) is 0 Å². The van der Waals surface area contributed by atoms with E-state index < -0.39 is 0 Å². The van der Waals surface area contributed by atoms with Crippen LogP contribution in [-0.2, 0) is 0 Å². The second-order valence-corrected chi connectivity index (χ2v) is 7.52. The molecule has 0 saturated carbocycles. The molecule has 116 valence electrons. The van der Waals surface area contributed by atoms with E-state index in [4.69, 9.17) is 16.3 Å². The largest absolute Gasteiger partial charge is 0.465 e. The molecule has 1 aromatic carbocycles. The maximum atomic E-state index is 6.10. The van der Waals surface area contributed by atoms with Crippen molar-refractivity contribution < 1.29 is 4.74 Å². The van der Waals surface area contributed by atoms with Gasteiger partial charge >= 0.3 is 0 Å². The summed E-state index contributed by atoms with van der Waals surface area (Å²) in [6.07, 6.45) is 5.08. The molecule has 22 heavy (non-hydrogen) atoms. The minimum atomic E-state index is 0.278. The van der Waals surface area contributed by atoms with E-state index in [1.54, 1.807) is 0 Å².